The maximum absolute atomic E-state index is 12.8. The number of hydrogen-bond acceptors (Lipinski definition) is 4. The van der Waals surface area contributed by atoms with Crippen molar-refractivity contribution in [3.05, 3.63) is 72.6 Å². The molecule has 1 atom stereocenters. The first kappa shape index (κ1) is 19.4. The van der Waals surface area contributed by atoms with Gasteiger partial charge in [0.1, 0.15) is 17.2 Å². The highest BCUT2D eigenvalue weighted by Crippen LogP contribution is 2.28. The highest BCUT2D eigenvalue weighted by Gasteiger charge is 2.18. The zero-order valence-electron chi connectivity index (χ0n) is 16.2. The molecule has 6 nitrogen and oxygen atoms in total. The van der Waals surface area contributed by atoms with Gasteiger partial charge in [-0.25, -0.2) is 0 Å². The molecule has 1 heterocycles. The van der Waals surface area contributed by atoms with Crippen molar-refractivity contribution in [2.45, 2.75) is 12.5 Å². The summed E-state index contributed by atoms with van der Waals surface area (Å²) in [5.74, 6) is 1.87. The van der Waals surface area contributed by atoms with Gasteiger partial charge in [-0.05, 0) is 29.8 Å². The lowest BCUT2D eigenvalue weighted by molar-refractivity contribution is -0.116. The molecule has 0 fully saturated rings. The lowest BCUT2D eigenvalue weighted by atomic mass is 10.0. The molecule has 0 saturated carbocycles. The van der Waals surface area contributed by atoms with Crippen LogP contribution in [0.2, 0.25) is 0 Å². The number of ether oxygens (including phenoxy) is 3. The molecule has 1 amide bonds. The second-order valence-electron chi connectivity index (χ2n) is 6.28. The highest BCUT2D eigenvalue weighted by atomic mass is 16.5. The first-order valence-electron chi connectivity index (χ1n) is 8.92. The topological polar surface area (TPSA) is 61.7 Å². The molecule has 0 aliphatic heterocycles. The van der Waals surface area contributed by atoms with Gasteiger partial charge >= 0.3 is 0 Å². The van der Waals surface area contributed by atoms with Crippen molar-refractivity contribution in [2.24, 2.45) is 0 Å². The van der Waals surface area contributed by atoms with Gasteiger partial charge in [0.25, 0.3) is 0 Å². The third kappa shape index (κ3) is 4.65. The molecule has 1 aromatic heterocycles. The fourth-order valence-corrected chi connectivity index (χ4v) is 3.07. The molecular formula is C22H24N2O4. The molecule has 0 spiro atoms. The molecule has 146 valence electrons. The normalized spacial score (nSPS) is 11.5. The molecule has 0 aliphatic rings. The number of carbonyl (C=O) groups is 1. The first-order chi connectivity index (χ1) is 13.6. The summed E-state index contributed by atoms with van der Waals surface area (Å²) < 4.78 is 17.9. The number of aromatic nitrogens is 1. The maximum atomic E-state index is 12.8. The molecule has 28 heavy (non-hydrogen) atoms. The fraction of sp³-hybridized carbons (Fsp3) is 0.227. The van der Waals surface area contributed by atoms with Crippen LogP contribution >= 0.6 is 0 Å². The van der Waals surface area contributed by atoms with Crippen molar-refractivity contribution in [2.75, 3.05) is 26.6 Å². The summed E-state index contributed by atoms with van der Waals surface area (Å²) in [5.41, 5.74) is 1.62. The van der Waals surface area contributed by atoms with E-state index >= 15 is 0 Å². The molecule has 0 radical (unpaired) electrons. The Hall–Kier alpha value is -3.41. The Morgan fingerprint density at radius 2 is 1.54 bits per heavy atom. The number of methoxy groups -OCH3 is 3. The lowest BCUT2D eigenvalue weighted by Crippen LogP contribution is -2.19. The molecule has 1 unspecified atom stereocenters. The number of rotatable bonds is 8. The minimum Gasteiger partial charge on any atom is -0.497 e. The summed E-state index contributed by atoms with van der Waals surface area (Å²) in [6.07, 6.45) is 4.17. The van der Waals surface area contributed by atoms with Crippen molar-refractivity contribution in [1.29, 1.82) is 0 Å². The molecule has 1 N–H and O–H groups in total. The molecule has 3 aromatic rings. The Balaban J connectivity index is 1.82. The Labute approximate surface area is 164 Å². The van der Waals surface area contributed by atoms with E-state index in [1.54, 1.807) is 39.5 Å². The number of carbonyl (C=O) groups excluding carboxylic acids is 1. The van der Waals surface area contributed by atoms with Crippen LogP contribution in [0.5, 0.6) is 17.2 Å². The highest BCUT2D eigenvalue weighted by molar-refractivity contribution is 5.91. The number of anilines is 1. The van der Waals surface area contributed by atoms with Crippen LogP contribution in [0, 0.1) is 0 Å². The van der Waals surface area contributed by atoms with Crippen LogP contribution in [0.3, 0.4) is 0 Å². The molecule has 0 saturated heterocycles. The van der Waals surface area contributed by atoms with Gasteiger partial charge in [-0.1, -0.05) is 12.1 Å². The van der Waals surface area contributed by atoms with Crippen LogP contribution < -0.4 is 19.5 Å². The third-order valence-corrected chi connectivity index (χ3v) is 4.48. The largest absolute Gasteiger partial charge is 0.497 e. The smallest absolute Gasteiger partial charge is 0.226 e. The van der Waals surface area contributed by atoms with E-state index in [4.69, 9.17) is 14.2 Å². The number of amides is 1. The van der Waals surface area contributed by atoms with E-state index in [9.17, 15) is 4.79 Å². The standard InChI is InChI=1S/C22H24N2O4/c1-26-18-8-6-7-16(11-18)21(24-9-4-5-10-24)15-22(25)23-17-12-19(27-2)14-20(13-17)28-3/h4-14,21H,15H2,1-3H3,(H,23,25). The van der Waals surface area contributed by atoms with Gasteiger partial charge in [0.15, 0.2) is 0 Å². The number of nitrogens with one attached hydrogen (secondary N) is 1. The lowest BCUT2D eigenvalue weighted by Gasteiger charge is -2.20. The molecule has 0 aliphatic carbocycles. The second kappa shape index (κ2) is 8.99. The van der Waals surface area contributed by atoms with Gasteiger partial charge in [-0.15, -0.1) is 0 Å². The SMILES string of the molecule is COc1cc(NC(=O)CC(c2cccc(OC)c2)n2cccc2)cc(OC)c1. The van der Waals surface area contributed by atoms with Gasteiger partial charge in [-0.3, -0.25) is 4.79 Å². The Bertz CT molecular complexity index is 900. The van der Waals surface area contributed by atoms with Crippen LogP contribution in [0.1, 0.15) is 18.0 Å². The van der Waals surface area contributed by atoms with Crippen molar-refractivity contribution in [1.82, 2.24) is 4.57 Å². The summed E-state index contributed by atoms with van der Waals surface area (Å²) in [6, 6.07) is 16.8. The number of benzene rings is 2. The third-order valence-electron chi connectivity index (χ3n) is 4.48. The summed E-state index contributed by atoms with van der Waals surface area (Å²) in [4.78, 5) is 12.8. The van der Waals surface area contributed by atoms with Crippen molar-refractivity contribution in [3.63, 3.8) is 0 Å². The van der Waals surface area contributed by atoms with Gasteiger partial charge < -0.3 is 24.1 Å². The minimum atomic E-state index is -0.155. The summed E-state index contributed by atoms with van der Waals surface area (Å²) in [5, 5.41) is 2.94. The van der Waals surface area contributed by atoms with Crippen LogP contribution in [-0.4, -0.2) is 31.8 Å². The van der Waals surface area contributed by atoms with Gasteiger partial charge in [0, 0.05) is 36.3 Å². The average Bonchev–Trinajstić information content (AvgIpc) is 3.26. The predicted octanol–water partition coefficient (Wildman–Crippen LogP) is 4.13. The van der Waals surface area contributed by atoms with E-state index in [1.165, 1.54) is 0 Å². The van der Waals surface area contributed by atoms with E-state index in [0.29, 0.717) is 17.2 Å². The molecule has 6 heteroatoms. The van der Waals surface area contributed by atoms with Crippen LogP contribution in [0.25, 0.3) is 0 Å². The van der Waals surface area contributed by atoms with Gasteiger partial charge in [-0.2, -0.15) is 0 Å². The van der Waals surface area contributed by atoms with Crippen molar-refractivity contribution >= 4 is 11.6 Å². The Morgan fingerprint density at radius 3 is 2.14 bits per heavy atom. The van der Waals surface area contributed by atoms with Gasteiger partial charge in [0.05, 0.1) is 33.8 Å². The predicted molar refractivity (Wildman–Crippen MR) is 108 cm³/mol. The number of hydrogen-bond donors (Lipinski definition) is 1. The second-order valence-corrected chi connectivity index (χ2v) is 6.28. The zero-order chi connectivity index (χ0) is 19.9. The minimum absolute atomic E-state index is 0.114. The van der Waals surface area contributed by atoms with E-state index in [2.05, 4.69) is 5.32 Å². The van der Waals surface area contributed by atoms with Crippen molar-refractivity contribution < 1.29 is 19.0 Å². The quantitative estimate of drug-likeness (QED) is 0.638. The van der Waals surface area contributed by atoms with E-state index < -0.39 is 0 Å². The zero-order valence-corrected chi connectivity index (χ0v) is 16.2. The van der Waals surface area contributed by atoms with E-state index in [1.807, 2.05) is 53.4 Å². The van der Waals surface area contributed by atoms with E-state index in [-0.39, 0.29) is 18.4 Å². The van der Waals surface area contributed by atoms with Gasteiger partial charge in [0.2, 0.25) is 5.91 Å². The summed E-state index contributed by atoms with van der Waals surface area (Å²) >= 11 is 0. The molecule has 3 rings (SSSR count). The first-order valence-corrected chi connectivity index (χ1v) is 8.92. The monoisotopic (exact) mass is 380 g/mol. The Kier molecular flexibility index (Phi) is 6.22. The van der Waals surface area contributed by atoms with Crippen LogP contribution in [-0.2, 0) is 4.79 Å². The molecular weight excluding hydrogens is 356 g/mol. The number of nitrogens with zero attached hydrogens (tertiary/aromatic N) is 1. The van der Waals surface area contributed by atoms with E-state index in [0.717, 1.165) is 11.3 Å². The van der Waals surface area contributed by atoms with Crippen LogP contribution in [0.4, 0.5) is 5.69 Å². The fourth-order valence-electron chi connectivity index (χ4n) is 3.07. The molecule has 2 aromatic carbocycles. The maximum Gasteiger partial charge on any atom is 0.226 e. The summed E-state index contributed by atoms with van der Waals surface area (Å²) in [7, 11) is 4.78. The molecule has 0 bridgehead atoms. The van der Waals surface area contributed by atoms with Crippen LogP contribution in [0.15, 0.2) is 67.0 Å². The summed E-state index contributed by atoms with van der Waals surface area (Å²) in [6.45, 7) is 0. The average molecular weight is 380 g/mol. The van der Waals surface area contributed by atoms with Crippen molar-refractivity contribution in [3.8, 4) is 17.2 Å². The Morgan fingerprint density at radius 1 is 0.893 bits per heavy atom.